The van der Waals surface area contributed by atoms with Crippen LogP contribution in [0.25, 0.3) is 10.1 Å². The number of nitrogens with zero attached hydrogens (tertiary/aromatic N) is 1. The van der Waals surface area contributed by atoms with E-state index in [-0.39, 0.29) is 17.5 Å². The molecule has 0 bridgehead atoms. The van der Waals surface area contributed by atoms with Gasteiger partial charge < -0.3 is 14.8 Å². The topological polar surface area (TPSA) is 69.6 Å². The van der Waals surface area contributed by atoms with Gasteiger partial charge in [-0.05, 0) is 43.2 Å². The van der Waals surface area contributed by atoms with Gasteiger partial charge >= 0.3 is 0 Å². The van der Waals surface area contributed by atoms with E-state index in [0.717, 1.165) is 16.0 Å². The van der Waals surface area contributed by atoms with Crippen molar-refractivity contribution in [3.63, 3.8) is 0 Å². The first-order chi connectivity index (χ1) is 13.6. The zero-order valence-electron chi connectivity index (χ0n) is 15.8. The molecule has 0 aliphatic carbocycles. The standard InChI is InChI=1S/C21H22N2O4S/c1-3-16(23-21(25)15-6-4-5-7-19(15)28-23)20(24)22-13(2)14-8-9-17-18(12-14)27-11-10-26-17/h4-9,12-13,16H,3,10-11H2,1-2H3,(H,22,24). The molecule has 0 radical (unpaired) electrons. The van der Waals surface area contributed by atoms with Crippen LogP contribution < -0.4 is 20.3 Å². The second-order valence-electron chi connectivity index (χ2n) is 6.78. The van der Waals surface area contributed by atoms with Crippen molar-refractivity contribution in [3.05, 3.63) is 58.4 Å². The van der Waals surface area contributed by atoms with E-state index in [2.05, 4.69) is 5.32 Å². The highest BCUT2D eigenvalue weighted by atomic mass is 32.1. The number of fused-ring (bicyclic) bond motifs is 2. The lowest BCUT2D eigenvalue weighted by Crippen LogP contribution is -2.36. The van der Waals surface area contributed by atoms with Crippen LogP contribution in [0.3, 0.4) is 0 Å². The number of hydrogen-bond donors (Lipinski definition) is 1. The van der Waals surface area contributed by atoms with Crippen LogP contribution in [-0.2, 0) is 4.79 Å². The van der Waals surface area contributed by atoms with Crippen LogP contribution >= 0.6 is 11.5 Å². The van der Waals surface area contributed by atoms with Crippen molar-refractivity contribution in [1.29, 1.82) is 0 Å². The summed E-state index contributed by atoms with van der Waals surface area (Å²) in [6.45, 7) is 4.89. The third kappa shape index (κ3) is 3.38. The molecule has 146 valence electrons. The molecule has 2 unspecified atom stereocenters. The summed E-state index contributed by atoms with van der Waals surface area (Å²) >= 11 is 1.33. The van der Waals surface area contributed by atoms with Gasteiger partial charge in [0.2, 0.25) is 5.91 Å². The minimum Gasteiger partial charge on any atom is -0.486 e. The first-order valence-electron chi connectivity index (χ1n) is 9.39. The Morgan fingerprint density at radius 2 is 1.93 bits per heavy atom. The van der Waals surface area contributed by atoms with Gasteiger partial charge in [0.1, 0.15) is 19.3 Å². The van der Waals surface area contributed by atoms with Crippen LogP contribution in [-0.4, -0.2) is 23.1 Å². The Bertz CT molecular complexity index is 1070. The molecule has 28 heavy (non-hydrogen) atoms. The molecule has 1 aromatic heterocycles. The maximum absolute atomic E-state index is 13.0. The van der Waals surface area contributed by atoms with Gasteiger partial charge in [0.15, 0.2) is 11.5 Å². The van der Waals surface area contributed by atoms with E-state index in [9.17, 15) is 9.59 Å². The molecule has 7 heteroatoms. The minimum absolute atomic E-state index is 0.116. The first-order valence-corrected chi connectivity index (χ1v) is 10.2. The molecule has 4 rings (SSSR count). The number of benzene rings is 2. The van der Waals surface area contributed by atoms with Crippen molar-refractivity contribution in [2.24, 2.45) is 0 Å². The van der Waals surface area contributed by atoms with Gasteiger partial charge in [0, 0.05) is 0 Å². The molecule has 1 aliphatic rings. The fourth-order valence-electron chi connectivity index (χ4n) is 3.37. The summed E-state index contributed by atoms with van der Waals surface area (Å²) in [6.07, 6.45) is 0.534. The van der Waals surface area contributed by atoms with E-state index < -0.39 is 6.04 Å². The molecule has 0 spiro atoms. The molecule has 1 N–H and O–H groups in total. The monoisotopic (exact) mass is 398 g/mol. The zero-order valence-corrected chi connectivity index (χ0v) is 16.6. The maximum Gasteiger partial charge on any atom is 0.269 e. The maximum atomic E-state index is 13.0. The summed E-state index contributed by atoms with van der Waals surface area (Å²) in [5, 5.41) is 3.69. The number of hydrogen-bond acceptors (Lipinski definition) is 5. The third-order valence-electron chi connectivity index (χ3n) is 4.91. The summed E-state index contributed by atoms with van der Waals surface area (Å²) in [7, 11) is 0. The average molecular weight is 398 g/mol. The molecule has 0 saturated heterocycles. The predicted octanol–water partition coefficient (Wildman–Crippen LogP) is 3.66. The molecular formula is C21H22N2O4S. The highest BCUT2D eigenvalue weighted by Crippen LogP contribution is 2.32. The van der Waals surface area contributed by atoms with Gasteiger partial charge in [-0.25, -0.2) is 0 Å². The molecule has 2 heterocycles. The van der Waals surface area contributed by atoms with Crippen LogP contribution in [0.15, 0.2) is 47.3 Å². The van der Waals surface area contributed by atoms with Gasteiger partial charge in [-0.2, -0.15) is 0 Å². The number of amides is 1. The number of carbonyl (C=O) groups is 1. The molecule has 2 atom stereocenters. The Kier molecular flexibility index (Phi) is 5.09. The second-order valence-corrected chi connectivity index (χ2v) is 7.79. The highest BCUT2D eigenvalue weighted by Gasteiger charge is 2.24. The van der Waals surface area contributed by atoms with E-state index in [4.69, 9.17) is 9.47 Å². The van der Waals surface area contributed by atoms with Gasteiger partial charge in [0.25, 0.3) is 5.56 Å². The van der Waals surface area contributed by atoms with Gasteiger partial charge in [0.05, 0.1) is 16.1 Å². The quantitative estimate of drug-likeness (QED) is 0.712. The number of ether oxygens (including phenoxy) is 2. The molecule has 2 aromatic carbocycles. The van der Waals surface area contributed by atoms with Gasteiger partial charge in [-0.1, -0.05) is 36.7 Å². The Morgan fingerprint density at radius 3 is 2.68 bits per heavy atom. The van der Waals surface area contributed by atoms with Crippen LogP contribution in [0.1, 0.15) is 37.9 Å². The Hall–Kier alpha value is -2.80. The molecule has 0 saturated carbocycles. The smallest absolute Gasteiger partial charge is 0.269 e. The molecule has 6 nitrogen and oxygen atoms in total. The molecular weight excluding hydrogens is 376 g/mol. The largest absolute Gasteiger partial charge is 0.486 e. The van der Waals surface area contributed by atoms with E-state index in [0.29, 0.717) is 30.8 Å². The molecule has 1 aliphatic heterocycles. The van der Waals surface area contributed by atoms with Crippen LogP contribution in [0.2, 0.25) is 0 Å². The molecule has 3 aromatic rings. The normalized spacial score (nSPS) is 15.2. The summed E-state index contributed by atoms with van der Waals surface area (Å²) in [5.74, 6) is 1.24. The third-order valence-corrected chi connectivity index (χ3v) is 6.08. The number of rotatable bonds is 5. The lowest BCUT2D eigenvalue weighted by molar-refractivity contribution is -0.124. The van der Waals surface area contributed by atoms with Gasteiger partial charge in [-0.15, -0.1) is 0 Å². The highest BCUT2D eigenvalue weighted by molar-refractivity contribution is 7.14. The van der Waals surface area contributed by atoms with Crippen molar-refractivity contribution >= 4 is 27.5 Å². The second kappa shape index (κ2) is 7.67. The van der Waals surface area contributed by atoms with Crippen molar-refractivity contribution < 1.29 is 14.3 Å². The van der Waals surface area contributed by atoms with Crippen molar-refractivity contribution in [2.45, 2.75) is 32.4 Å². The number of aromatic nitrogens is 1. The van der Waals surface area contributed by atoms with E-state index >= 15 is 0 Å². The summed E-state index contributed by atoms with van der Waals surface area (Å²) in [4.78, 5) is 25.7. The van der Waals surface area contributed by atoms with E-state index in [1.54, 1.807) is 10.0 Å². The Morgan fingerprint density at radius 1 is 1.18 bits per heavy atom. The zero-order chi connectivity index (χ0) is 19.7. The minimum atomic E-state index is -0.537. The van der Waals surface area contributed by atoms with Gasteiger partial charge in [-0.3, -0.25) is 13.5 Å². The predicted molar refractivity (Wildman–Crippen MR) is 109 cm³/mol. The van der Waals surface area contributed by atoms with Crippen LogP contribution in [0, 0.1) is 0 Å². The summed E-state index contributed by atoms with van der Waals surface area (Å²) in [5.41, 5.74) is 0.811. The van der Waals surface area contributed by atoms with Crippen LogP contribution in [0.4, 0.5) is 0 Å². The first kappa shape index (κ1) is 18.6. The lowest BCUT2D eigenvalue weighted by atomic mass is 10.1. The van der Waals surface area contributed by atoms with Crippen molar-refractivity contribution in [2.75, 3.05) is 13.2 Å². The van der Waals surface area contributed by atoms with E-state index in [1.807, 2.05) is 50.2 Å². The van der Waals surface area contributed by atoms with Crippen LogP contribution in [0.5, 0.6) is 11.5 Å². The fourth-order valence-corrected chi connectivity index (χ4v) is 4.53. The Labute approximate surface area is 166 Å². The lowest BCUT2D eigenvalue weighted by Gasteiger charge is -2.22. The molecule has 1 amide bonds. The fraction of sp³-hybridized carbons (Fsp3) is 0.333. The van der Waals surface area contributed by atoms with E-state index in [1.165, 1.54) is 11.5 Å². The Balaban J connectivity index is 1.55. The summed E-state index contributed by atoms with van der Waals surface area (Å²) < 4.78 is 13.6. The number of carbonyl (C=O) groups excluding carboxylic acids is 1. The van der Waals surface area contributed by atoms with Crippen molar-refractivity contribution in [1.82, 2.24) is 9.27 Å². The van der Waals surface area contributed by atoms with Crippen molar-refractivity contribution in [3.8, 4) is 11.5 Å². The SMILES string of the molecule is CCC(C(=O)NC(C)c1ccc2c(c1)OCCO2)n1sc2ccccc2c1=O. The summed E-state index contributed by atoms with van der Waals surface area (Å²) in [6, 6.07) is 12.4. The number of nitrogens with one attached hydrogen (secondary N) is 1. The molecule has 0 fully saturated rings. The average Bonchev–Trinajstić information content (AvgIpc) is 3.05.